The molecule has 2 heterocycles. The molecule has 3 aromatic rings. The van der Waals surface area contributed by atoms with Crippen molar-refractivity contribution in [3.63, 3.8) is 0 Å². The van der Waals surface area contributed by atoms with Crippen LogP contribution in [0.15, 0.2) is 48.8 Å². The zero-order valence-electron chi connectivity index (χ0n) is 15.4. The number of anilines is 1. The van der Waals surface area contributed by atoms with Crippen LogP contribution in [0.5, 0.6) is 0 Å². The van der Waals surface area contributed by atoms with E-state index in [1.54, 1.807) is 0 Å². The number of para-hydroxylation sites is 1. The quantitative estimate of drug-likeness (QED) is 0.741. The first-order valence-corrected chi connectivity index (χ1v) is 9.39. The number of aromatic nitrogens is 3. The van der Waals surface area contributed by atoms with Crippen LogP contribution in [0.2, 0.25) is 0 Å². The van der Waals surface area contributed by atoms with Crippen molar-refractivity contribution in [2.24, 2.45) is 5.92 Å². The molecule has 0 spiro atoms. The van der Waals surface area contributed by atoms with E-state index in [0.29, 0.717) is 17.9 Å². The second-order valence-corrected chi connectivity index (χ2v) is 7.83. The molecule has 5 heteroatoms. The summed E-state index contributed by atoms with van der Waals surface area (Å²) in [6, 6.07) is 12.7. The van der Waals surface area contributed by atoms with Gasteiger partial charge in [-0.25, -0.2) is 4.98 Å². The second-order valence-electron chi connectivity index (χ2n) is 7.83. The minimum atomic E-state index is -0.586. The van der Waals surface area contributed by atoms with Gasteiger partial charge in [-0.05, 0) is 69.0 Å². The Bertz CT molecular complexity index is 888. The maximum Gasteiger partial charge on any atom is 0.224 e. The lowest BCUT2D eigenvalue weighted by molar-refractivity contribution is -0.000413. The molecule has 1 aliphatic carbocycles. The van der Waals surface area contributed by atoms with E-state index in [2.05, 4.69) is 33.1 Å². The van der Waals surface area contributed by atoms with Gasteiger partial charge in [0.25, 0.3) is 0 Å². The number of hydrogen-bond donors (Lipinski definition) is 2. The number of hydrogen-bond acceptors (Lipinski definition) is 4. The maximum absolute atomic E-state index is 10.2. The third-order valence-electron chi connectivity index (χ3n) is 5.55. The molecule has 1 aromatic carbocycles. The molecular weight excluding hydrogens is 324 g/mol. The van der Waals surface area contributed by atoms with Crippen molar-refractivity contribution < 1.29 is 5.11 Å². The van der Waals surface area contributed by atoms with Crippen molar-refractivity contribution in [2.75, 3.05) is 5.32 Å². The van der Waals surface area contributed by atoms with Gasteiger partial charge in [-0.15, -0.1) is 0 Å². The first kappa shape index (κ1) is 17.0. The fourth-order valence-electron chi connectivity index (χ4n) is 3.96. The van der Waals surface area contributed by atoms with Crippen molar-refractivity contribution in [3.05, 3.63) is 48.8 Å². The Balaban J connectivity index is 1.49. The summed E-state index contributed by atoms with van der Waals surface area (Å²) in [5.74, 6) is 1.92. The van der Waals surface area contributed by atoms with Gasteiger partial charge in [0.2, 0.25) is 5.95 Å². The molecule has 2 N–H and O–H groups in total. The van der Waals surface area contributed by atoms with Gasteiger partial charge in [0, 0.05) is 18.4 Å². The number of nitrogens with zero attached hydrogens (tertiary/aromatic N) is 3. The van der Waals surface area contributed by atoms with E-state index in [-0.39, 0.29) is 0 Å². The molecule has 0 unspecified atom stereocenters. The van der Waals surface area contributed by atoms with Crippen molar-refractivity contribution in [1.29, 1.82) is 0 Å². The summed E-state index contributed by atoms with van der Waals surface area (Å²) in [7, 11) is 0. The third kappa shape index (κ3) is 3.44. The van der Waals surface area contributed by atoms with Gasteiger partial charge < -0.3 is 15.0 Å². The highest BCUT2D eigenvalue weighted by atomic mass is 16.3. The lowest BCUT2D eigenvalue weighted by Gasteiger charge is -2.36. The third-order valence-corrected chi connectivity index (χ3v) is 5.55. The molecule has 0 saturated heterocycles. The molecule has 5 nitrogen and oxygen atoms in total. The minimum absolute atomic E-state index is 0.366. The van der Waals surface area contributed by atoms with Crippen LogP contribution in [0.3, 0.4) is 0 Å². The molecule has 0 atom stereocenters. The lowest BCUT2D eigenvalue weighted by atomic mass is 9.77. The molecule has 1 saturated carbocycles. The lowest BCUT2D eigenvalue weighted by Crippen LogP contribution is -2.37. The molecular formula is C21H26N4O. The average Bonchev–Trinajstić information content (AvgIpc) is 3.06. The normalized spacial score (nSPS) is 21.0. The number of rotatable bonds is 4. The van der Waals surface area contributed by atoms with E-state index in [1.807, 2.05) is 44.4 Å². The summed E-state index contributed by atoms with van der Waals surface area (Å²) in [5.41, 5.74) is 0.555. The van der Waals surface area contributed by atoms with E-state index in [0.717, 1.165) is 37.0 Å². The standard InChI is InChI=1S/C21H26N4O/c1-21(2,26)16-7-9-17(10-8-16)23-20-22-13-11-19(24-20)25-14-12-15-5-3-4-6-18(15)25/h3-6,11-14,16-17,26H,7-10H2,1-2H3,(H,22,23,24). The monoisotopic (exact) mass is 350 g/mol. The van der Waals surface area contributed by atoms with Crippen LogP contribution in [0, 0.1) is 5.92 Å². The molecule has 1 aliphatic rings. The van der Waals surface area contributed by atoms with Crippen molar-refractivity contribution >= 4 is 16.9 Å². The van der Waals surface area contributed by atoms with Crippen molar-refractivity contribution in [1.82, 2.24) is 14.5 Å². The molecule has 1 fully saturated rings. The Kier molecular flexibility index (Phi) is 4.41. The van der Waals surface area contributed by atoms with Crippen LogP contribution in [0.1, 0.15) is 39.5 Å². The summed E-state index contributed by atoms with van der Waals surface area (Å²) in [6.45, 7) is 3.83. The first-order chi connectivity index (χ1) is 12.5. The van der Waals surface area contributed by atoms with Gasteiger partial charge in [0.15, 0.2) is 0 Å². The smallest absolute Gasteiger partial charge is 0.224 e. The predicted octanol–water partition coefficient (Wildman–Crippen LogP) is 4.16. The van der Waals surface area contributed by atoms with Gasteiger partial charge >= 0.3 is 0 Å². The van der Waals surface area contributed by atoms with E-state index < -0.39 is 5.60 Å². The van der Waals surface area contributed by atoms with E-state index >= 15 is 0 Å². The predicted molar refractivity (Wildman–Crippen MR) is 105 cm³/mol. The molecule has 4 rings (SSSR count). The Hall–Kier alpha value is -2.40. The summed E-state index contributed by atoms with van der Waals surface area (Å²) in [5, 5.41) is 14.9. The second kappa shape index (κ2) is 6.72. The van der Waals surface area contributed by atoms with Crippen LogP contribution < -0.4 is 5.32 Å². The number of benzene rings is 1. The minimum Gasteiger partial charge on any atom is -0.390 e. The van der Waals surface area contributed by atoms with Gasteiger partial charge in [-0.2, -0.15) is 4.98 Å². The summed E-state index contributed by atoms with van der Waals surface area (Å²) < 4.78 is 2.09. The number of aliphatic hydroxyl groups is 1. The summed E-state index contributed by atoms with van der Waals surface area (Å²) in [6.07, 6.45) is 7.99. The number of nitrogens with one attached hydrogen (secondary N) is 1. The van der Waals surface area contributed by atoms with Gasteiger partial charge in [-0.1, -0.05) is 18.2 Å². The topological polar surface area (TPSA) is 63.0 Å². The van der Waals surface area contributed by atoms with Crippen molar-refractivity contribution in [2.45, 2.75) is 51.2 Å². The van der Waals surface area contributed by atoms with Gasteiger partial charge in [0.1, 0.15) is 5.82 Å². The fourth-order valence-corrected chi connectivity index (χ4v) is 3.96. The van der Waals surface area contributed by atoms with Crippen LogP contribution in [-0.4, -0.2) is 31.3 Å². The highest BCUT2D eigenvalue weighted by Gasteiger charge is 2.31. The van der Waals surface area contributed by atoms with Crippen LogP contribution in [0.4, 0.5) is 5.95 Å². The Morgan fingerprint density at radius 3 is 2.62 bits per heavy atom. The maximum atomic E-state index is 10.2. The fraction of sp³-hybridized carbons (Fsp3) is 0.429. The van der Waals surface area contributed by atoms with Crippen molar-refractivity contribution in [3.8, 4) is 5.82 Å². The van der Waals surface area contributed by atoms with Crippen LogP contribution in [-0.2, 0) is 0 Å². The average molecular weight is 350 g/mol. The van der Waals surface area contributed by atoms with E-state index in [1.165, 1.54) is 5.39 Å². The van der Waals surface area contributed by atoms with E-state index in [9.17, 15) is 5.11 Å². The Labute approximate surface area is 154 Å². The largest absolute Gasteiger partial charge is 0.390 e. The molecule has 0 aliphatic heterocycles. The first-order valence-electron chi connectivity index (χ1n) is 9.39. The Morgan fingerprint density at radius 1 is 1.08 bits per heavy atom. The van der Waals surface area contributed by atoms with Gasteiger partial charge in [0.05, 0.1) is 11.1 Å². The molecule has 26 heavy (non-hydrogen) atoms. The highest BCUT2D eigenvalue weighted by Crippen LogP contribution is 2.33. The molecule has 2 aromatic heterocycles. The Morgan fingerprint density at radius 2 is 1.85 bits per heavy atom. The zero-order chi connectivity index (χ0) is 18.1. The highest BCUT2D eigenvalue weighted by molar-refractivity contribution is 5.81. The molecule has 136 valence electrons. The zero-order valence-corrected chi connectivity index (χ0v) is 15.4. The van der Waals surface area contributed by atoms with Crippen LogP contribution in [0.25, 0.3) is 16.7 Å². The van der Waals surface area contributed by atoms with E-state index in [4.69, 9.17) is 4.98 Å². The summed E-state index contributed by atoms with van der Waals surface area (Å²) in [4.78, 5) is 9.12. The molecule has 0 radical (unpaired) electrons. The van der Waals surface area contributed by atoms with Crippen LogP contribution >= 0.6 is 0 Å². The van der Waals surface area contributed by atoms with Gasteiger partial charge in [-0.3, -0.25) is 0 Å². The number of fused-ring (bicyclic) bond motifs is 1. The SMILES string of the molecule is CC(C)(O)C1CCC(Nc2nccc(-n3ccc4ccccc43)n2)CC1. The molecule has 0 bridgehead atoms. The molecule has 0 amide bonds. The summed E-state index contributed by atoms with van der Waals surface area (Å²) >= 11 is 0.